The molecular formula is C25H32Cl2N2O4S. The Hall–Kier alpha value is -1.80. The number of amides is 1. The van der Waals surface area contributed by atoms with Crippen LogP contribution in [0.4, 0.5) is 0 Å². The van der Waals surface area contributed by atoms with Crippen molar-refractivity contribution in [2.75, 3.05) is 20.2 Å². The Bertz CT molecular complexity index is 1060. The molecule has 0 spiro atoms. The number of hydrogen-bond acceptors (Lipinski definition) is 4. The Morgan fingerprint density at radius 2 is 1.68 bits per heavy atom. The molecule has 9 heteroatoms. The molecule has 1 saturated heterocycles. The van der Waals surface area contributed by atoms with Gasteiger partial charge in [-0.3, -0.25) is 4.79 Å². The van der Waals surface area contributed by atoms with Gasteiger partial charge in [0.25, 0.3) is 0 Å². The Kier molecular flexibility index (Phi) is 9.27. The van der Waals surface area contributed by atoms with Crippen molar-refractivity contribution in [3.05, 3.63) is 63.6 Å². The molecule has 0 aromatic heterocycles. The van der Waals surface area contributed by atoms with E-state index in [1.807, 2.05) is 24.3 Å². The van der Waals surface area contributed by atoms with Crippen LogP contribution < -0.4 is 10.1 Å². The highest BCUT2D eigenvalue weighted by molar-refractivity contribution is 7.88. The first-order valence-corrected chi connectivity index (χ1v) is 13.8. The molecule has 1 heterocycles. The summed E-state index contributed by atoms with van der Waals surface area (Å²) in [5.41, 5.74) is 1.43. The number of ether oxygens (including phenoxy) is 1. The molecule has 1 atom stereocenters. The van der Waals surface area contributed by atoms with E-state index >= 15 is 0 Å². The molecule has 1 N–H and O–H groups in total. The van der Waals surface area contributed by atoms with Crippen molar-refractivity contribution >= 4 is 39.1 Å². The van der Waals surface area contributed by atoms with Crippen LogP contribution in [0, 0.1) is 11.8 Å². The van der Waals surface area contributed by atoms with Crippen LogP contribution in [0.2, 0.25) is 10.0 Å². The lowest BCUT2D eigenvalue weighted by Gasteiger charge is -2.32. The zero-order chi connectivity index (χ0) is 24.9. The van der Waals surface area contributed by atoms with Crippen LogP contribution in [0.3, 0.4) is 0 Å². The van der Waals surface area contributed by atoms with Crippen molar-refractivity contribution in [1.29, 1.82) is 0 Å². The summed E-state index contributed by atoms with van der Waals surface area (Å²) in [6.45, 7) is 4.83. The quantitative estimate of drug-likeness (QED) is 0.471. The van der Waals surface area contributed by atoms with Crippen LogP contribution in [-0.4, -0.2) is 38.8 Å². The van der Waals surface area contributed by atoms with Gasteiger partial charge in [-0.05, 0) is 55.0 Å². The first kappa shape index (κ1) is 26.8. The van der Waals surface area contributed by atoms with Gasteiger partial charge in [0.2, 0.25) is 15.9 Å². The monoisotopic (exact) mass is 526 g/mol. The van der Waals surface area contributed by atoms with Gasteiger partial charge >= 0.3 is 0 Å². The number of methoxy groups -OCH3 is 1. The maximum Gasteiger partial charge on any atom is 0.223 e. The maximum atomic E-state index is 13.1. The maximum absolute atomic E-state index is 13.1. The zero-order valence-corrected chi connectivity index (χ0v) is 22.1. The van der Waals surface area contributed by atoms with Crippen molar-refractivity contribution in [3.63, 3.8) is 0 Å². The highest BCUT2D eigenvalue weighted by atomic mass is 35.5. The molecule has 0 radical (unpaired) electrons. The number of benzene rings is 2. The van der Waals surface area contributed by atoms with Crippen molar-refractivity contribution < 1.29 is 17.9 Å². The van der Waals surface area contributed by atoms with Crippen LogP contribution in [-0.2, 0) is 20.6 Å². The lowest BCUT2D eigenvalue weighted by molar-refractivity contribution is -0.127. The summed E-state index contributed by atoms with van der Waals surface area (Å²) in [5, 5.41) is 3.86. The van der Waals surface area contributed by atoms with Crippen molar-refractivity contribution in [1.82, 2.24) is 9.62 Å². The molecule has 34 heavy (non-hydrogen) atoms. The fourth-order valence-corrected chi connectivity index (χ4v) is 6.53. The number of sulfonamides is 1. The van der Waals surface area contributed by atoms with Gasteiger partial charge in [0.05, 0.1) is 18.9 Å². The van der Waals surface area contributed by atoms with Crippen LogP contribution in [0.25, 0.3) is 0 Å². The smallest absolute Gasteiger partial charge is 0.223 e. The number of carbonyl (C=O) groups excluding carboxylic acids is 1. The minimum atomic E-state index is -3.60. The number of piperidine rings is 1. The number of nitrogens with zero attached hydrogens (tertiary/aromatic N) is 1. The van der Waals surface area contributed by atoms with Gasteiger partial charge in [0.15, 0.2) is 0 Å². The van der Waals surface area contributed by atoms with Crippen LogP contribution in [0.1, 0.15) is 50.3 Å². The van der Waals surface area contributed by atoms with Gasteiger partial charge in [-0.2, -0.15) is 0 Å². The lowest BCUT2D eigenvalue weighted by atomic mass is 9.93. The average Bonchev–Trinajstić information content (AvgIpc) is 2.81. The van der Waals surface area contributed by atoms with E-state index in [0.29, 0.717) is 47.5 Å². The Morgan fingerprint density at radius 1 is 1.09 bits per heavy atom. The molecule has 0 saturated carbocycles. The van der Waals surface area contributed by atoms with Crippen LogP contribution >= 0.6 is 23.2 Å². The topological polar surface area (TPSA) is 75.7 Å². The van der Waals surface area contributed by atoms with E-state index < -0.39 is 10.0 Å². The average molecular weight is 528 g/mol. The fraction of sp³-hybridized carbons (Fsp3) is 0.480. The largest absolute Gasteiger partial charge is 0.497 e. The summed E-state index contributed by atoms with van der Waals surface area (Å²) in [5.74, 6) is 0.646. The summed E-state index contributed by atoms with van der Waals surface area (Å²) >= 11 is 12.3. The molecule has 0 aliphatic carbocycles. The SMILES string of the molecule is COc1ccc(C(CC(C)C)NC(=O)C2CCN(S(=O)(=O)Cc3c(Cl)cccc3Cl)CC2)cc1. The van der Waals surface area contributed by atoms with Gasteiger partial charge in [0, 0.05) is 34.6 Å². The standard InChI is InChI=1S/C25H32Cl2N2O4S/c1-17(2)15-24(18-7-9-20(33-3)10-8-18)28-25(30)19-11-13-29(14-12-19)34(31,32)16-21-22(26)5-4-6-23(21)27/h4-10,17,19,24H,11-16H2,1-3H3,(H,28,30). The zero-order valence-electron chi connectivity index (χ0n) is 19.8. The third-order valence-corrected chi connectivity index (χ3v) is 8.66. The summed E-state index contributed by atoms with van der Waals surface area (Å²) in [4.78, 5) is 13.1. The molecule has 6 nitrogen and oxygen atoms in total. The molecule has 1 unspecified atom stereocenters. The Balaban J connectivity index is 1.62. The van der Waals surface area contributed by atoms with Crippen LogP contribution in [0.15, 0.2) is 42.5 Å². The van der Waals surface area contributed by atoms with E-state index in [1.165, 1.54) is 4.31 Å². The number of nitrogens with one attached hydrogen (secondary N) is 1. The van der Waals surface area contributed by atoms with E-state index in [1.54, 1.807) is 25.3 Å². The fourth-order valence-electron chi connectivity index (χ4n) is 4.22. The number of carbonyl (C=O) groups is 1. The summed E-state index contributed by atoms with van der Waals surface area (Å²) in [6, 6.07) is 12.6. The number of hydrogen-bond donors (Lipinski definition) is 1. The second-order valence-electron chi connectivity index (χ2n) is 9.09. The lowest BCUT2D eigenvalue weighted by Crippen LogP contribution is -2.44. The molecule has 1 aliphatic rings. The van der Waals surface area contributed by atoms with Gasteiger partial charge in [0.1, 0.15) is 5.75 Å². The molecule has 186 valence electrons. The summed E-state index contributed by atoms with van der Waals surface area (Å²) in [7, 11) is -1.98. The molecule has 1 amide bonds. The van der Waals surface area contributed by atoms with Gasteiger partial charge in [-0.15, -0.1) is 0 Å². The number of halogens is 2. The van der Waals surface area contributed by atoms with E-state index in [0.717, 1.165) is 17.7 Å². The van der Waals surface area contributed by atoms with Crippen molar-refractivity contribution in [3.8, 4) is 5.75 Å². The van der Waals surface area contributed by atoms with E-state index in [9.17, 15) is 13.2 Å². The van der Waals surface area contributed by atoms with Gasteiger partial charge in [-0.25, -0.2) is 12.7 Å². The highest BCUT2D eigenvalue weighted by Crippen LogP contribution is 2.30. The van der Waals surface area contributed by atoms with Crippen LogP contribution in [0.5, 0.6) is 5.75 Å². The molecule has 3 rings (SSSR count). The molecule has 0 bridgehead atoms. The molecule has 1 fully saturated rings. The molecule has 1 aliphatic heterocycles. The second kappa shape index (κ2) is 11.8. The third-order valence-electron chi connectivity index (χ3n) is 6.15. The molecular weight excluding hydrogens is 495 g/mol. The second-order valence-corrected chi connectivity index (χ2v) is 11.9. The third kappa shape index (κ3) is 6.87. The van der Waals surface area contributed by atoms with E-state index in [2.05, 4.69) is 19.2 Å². The van der Waals surface area contributed by atoms with Crippen molar-refractivity contribution in [2.45, 2.75) is 44.9 Å². The first-order chi connectivity index (χ1) is 16.1. The van der Waals surface area contributed by atoms with E-state index in [4.69, 9.17) is 27.9 Å². The summed E-state index contributed by atoms with van der Waals surface area (Å²) < 4.78 is 32.6. The Morgan fingerprint density at radius 3 is 2.21 bits per heavy atom. The normalized spacial score (nSPS) is 16.4. The number of rotatable bonds is 9. The minimum Gasteiger partial charge on any atom is -0.497 e. The molecule has 2 aromatic carbocycles. The van der Waals surface area contributed by atoms with Crippen molar-refractivity contribution in [2.24, 2.45) is 11.8 Å². The predicted molar refractivity (Wildman–Crippen MR) is 137 cm³/mol. The summed E-state index contributed by atoms with van der Waals surface area (Å²) in [6.07, 6.45) is 1.75. The molecule has 2 aromatic rings. The van der Waals surface area contributed by atoms with E-state index in [-0.39, 0.29) is 23.6 Å². The predicted octanol–water partition coefficient (Wildman–Crippen LogP) is 5.45. The minimum absolute atomic E-state index is 0.0346. The first-order valence-electron chi connectivity index (χ1n) is 11.5. The highest BCUT2D eigenvalue weighted by Gasteiger charge is 2.33. The Labute approximate surface area is 212 Å². The van der Waals surface area contributed by atoms with Gasteiger partial charge < -0.3 is 10.1 Å². The van der Waals surface area contributed by atoms with Gasteiger partial charge in [-0.1, -0.05) is 55.2 Å².